The number of rotatable bonds is 6. The van der Waals surface area contributed by atoms with Gasteiger partial charge in [0.05, 0.1) is 6.20 Å². The van der Waals surface area contributed by atoms with E-state index >= 15 is 0 Å². The van der Waals surface area contributed by atoms with E-state index < -0.39 is 10.0 Å². The van der Waals surface area contributed by atoms with E-state index in [1.165, 1.54) is 9.71 Å². The van der Waals surface area contributed by atoms with Crippen LogP contribution in [0.4, 0.5) is 0 Å². The highest BCUT2D eigenvalue weighted by Crippen LogP contribution is 2.12. The number of aromatic nitrogens is 2. The monoisotopic (exact) mass is 305 g/mol. The highest BCUT2D eigenvalue weighted by Gasteiger charge is 2.18. The van der Waals surface area contributed by atoms with Gasteiger partial charge >= 0.3 is 0 Å². The molecular formula is C15H19N3O2S. The molecule has 2 aromatic rings. The van der Waals surface area contributed by atoms with Gasteiger partial charge in [-0.1, -0.05) is 37.3 Å². The van der Waals surface area contributed by atoms with Crippen LogP contribution in [-0.4, -0.2) is 29.0 Å². The highest BCUT2D eigenvalue weighted by atomic mass is 32.2. The zero-order valence-electron chi connectivity index (χ0n) is 12.2. The quantitative estimate of drug-likeness (QED) is 0.822. The van der Waals surface area contributed by atoms with E-state index in [4.69, 9.17) is 0 Å². The summed E-state index contributed by atoms with van der Waals surface area (Å²) in [5.41, 5.74) is 1.73. The molecule has 0 spiro atoms. The fraction of sp³-hybridized carbons (Fsp3) is 0.267. The zero-order valence-corrected chi connectivity index (χ0v) is 13.0. The number of nitrogens with zero attached hydrogens (tertiary/aromatic N) is 3. The van der Waals surface area contributed by atoms with E-state index in [0.717, 1.165) is 11.1 Å². The Morgan fingerprint density at radius 1 is 1.29 bits per heavy atom. The van der Waals surface area contributed by atoms with Gasteiger partial charge in [-0.3, -0.25) is 4.68 Å². The molecule has 0 atom stereocenters. The first-order valence-electron chi connectivity index (χ1n) is 6.72. The van der Waals surface area contributed by atoms with Crippen LogP contribution in [0.2, 0.25) is 0 Å². The molecule has 0 saturated heterocycles. The Morgan fingerprint density at radius 3 is 2.57 bits per heavy atom. The van der Waals surface area contributed by atoms with Gasteiger partial charge in [0.15, 0.2) is 0 Å². The number of hydrogen-bond donors (Lipinski definition) is 0. The van der Waals surface area contributed by atoms with Gasteiger partial charge < -0.3 is 0 Å². The average Bonchev–Trinajstić information content (AvgIpc) is 2.89. The molecule has 5 nitrogen and oxygen atoms in total. The molecule has 1 heterocycles. The maximum atomic E-state index is 12.4. The van der Waals surface area contributed by atoms with Crippen molar-refractivity contribution in [2.75, 3.05) is 6.54 Å². The largest absolute Gasteiger partial charge is 0.275 e. The van der Waals surface area contributed by atoms with Crippen molar-refractivity contribution in [1.82, 2.24) is 14.1 Å². The molecule has 0 amide bonds. The summed E-state index contributed by atoms with van der Waals surface area (Å²) in [4.78, 5) is 0. The molecule has 0 radical (unpaired) electrons. The third-order valence-corrected chi connectivity index (χ3v) is 4.65. The van der Waals surface area contributed by atoms with Crippen molar-refractivity contribution < 1.29 is 8.42 Å². The van der Waals surface area contributed by atoms with Crippen LogP contribution in [0.15, 0.2) is 48.1 Å². The summed E-state index contributed by atoms with van der Waals surface area (Å²) in [5, 5.41) is 5.31. The molecule has 21 heavy (non-hydrogen) atoms. The Hall–Kier alpha value is -1.92. The average molecular weight is 305 g/mol. The van der Waals surface area contributed by atoms with Crippen LogP contribution in [0.3, 0.4) is 0 Å². The van der Waals surface area contributed by atoms with Gasteiger partial charge in [-0.25, -0.2) is 8.42 Å². The van der Waals surface area contributed by atoms with Crippen molar-refractivity contribution >= 4 is 16.1 Å². The molecule has 0 aliphatic heterocycles. The van der Waals surface area contributed by atoms with Crippen LogP contribution < -0.4 is 0 Å². The van der Waals surface area contributed by atoms with Gasteiger partial charge in [-0.05, 0) is 11.6 Å². The SMILES string of the molecule is CCN(Cc1cnn(C)c1)S(=O)(=O)/C=C/c1ccccc1. The molecule has 2 rings (SSSR count). The van der Waals surface area contributed by atoms with E-state index in [2.05, 4.69) is 5.10 Å². The zero-order chi connectivity index (χ0) is 15.3. The van der Waals surface area contributed by atoms with Crippen LogP contribution in [0.1, 0.15) is 18.1 Å². The predicted molar refractivity (Wildman–Crippen MR) is 83.7 cm³/mol. The van der Waals surface area contributed by atoms with Crippen molar-refractivity contribution in [3.63, 3.8) is 0 Å². The summed E-state index contributed by atoms with van der Waals surface area (Å²) in [6.45, 7) is 2.56. The summed E-state index contributed by atoms with van der Waals surface area (Å²) in [5.74, 6) is 0. The Morgan fingerprint density at radius 2 is 2.00 bits per heavy atom. The lowest BCUT2D eigenvalue weighted by molar-refractivity contribution is 0.430. The number of benzene rings is 1. The number of aryl methyl sites for hydroxylation is 1. The van der Waals surface area contributed by atoms with E-state index in [0.29, 0.717) is 13.1 Å². The molecule has 0 fully saturated rings. The van der Waals surface area contributed by atoms with E-state index in [9.17, 15) is 8.42 Å². The topological polar surface area (TPSA) is 55.2 Å². The smallest absolute Gasteiger partial charge is 0.236 e. The first-order chi connectivity index (χ1) is 10.0. The fourth-order valence-electron chi connectivity index (χ4n) is 1.95. The first kappa shape index (κ1) is 15.5. The van der Waals surface area contributed by atoms with Crippen LogP contribution in [-0.2, 0) is 23.6 Å². The second kappa shape index (κ2) is 6.69. The second-order valence-corrected chi connectivity index (χ2v) is 6.53. The molecule has 0 aliphatic carbocycles. The summed E-state index contributed by atoms with van der Waals surface area (Å²) in [6.07, 6.45) is 5.11. The molecule has 1 aromatic heterocycles. The molecule has 6 heteroatoms. The normalized spacial score (nSPS) is 12.3. The minimum absolute atomic E-state index is 0.325. The van der Waals surface area contributed by atoms with Crippen LogP contribution in [0.5, 0.6) is 0 Å². The predicted octanol–water partition coefficient (Wildman–Crippen LogP) is 2.24. The molecular weight excluding hydrogens is 286 g/mol. The minimum atomic E-state index is -3.44. The van der Waals surface area contributed by atoms with Crippen molar-refractivity contribution in [1.29, 1.82) is 0 Å². The number of sulfonamides is 1. The van der Waals surface area contributed by atoms with Gasteiger partial charge in [0.25, 0.3) is 0 Å². The van der Waals surface area contributed by atoms with Crippen LogP contribution in [0, 0.1) is 0 Å². The van der Waals surface area contributed by atoms with Gasteiger partial charge in [0.2, 0.25) is 10.0 Å². The van der Waals surface area contributed by atoms with Gasteiger partial charge in [-0.2, -0.15) is 9.40 Å². The highest BCUT2D eigenvalue weighted by molar-refractivity contribution is 7.92. The lowest BCUT2D eigenvalue weighted by atomic mass is 10.2. The fourth-order valence-corrected chi connectivity index (χ4v) is 3.14. The van der Waals surface area contributed by atoms with E-state index in [1.807, 2.05) is 50.5 Å². The Kier molecular flexibility index (Phi) is 4.93. The summed E-state index contributed by atoms with van der Waals surface area (Å²) >= 11 is 0. The molecule has 0 saturated carbocycles. The molecule has 112 valence electrons. The van der Waals surface area contributed by atoms with E-state index in [-0.39, 0.29) is 0 Å². The van der Waals surface area contributed by atoms with Crippen molar-refractivity contribution in [2.24, 2.45) is 7.05 Å². The van der Waals surface area contributed by atoms with Crippen LogP contribution in [0.25, 0.3) is 6.08 Å². The van der Waals surface area contributed by atoms with Crippen LogP contribution >= 0.6 is 0 Å². The summed E-state index contributed by atoms with van der Waals surface area (Å²) < 4.78 is 27.8. The molecule has 0 N–H and O–H groups in total. The third-order valence-electron chi connectivity index (χ3n) is 3.06. The molecule has 1 aromatic carbocycles. The Bertz CT molecular complexity index is 706. The third kappa shape index (κ3) is 4.27. The summed E-state index contributed by atoms with van der Waals surface area (Å²) in [7, 11) is -1.63. The Labute approximate surface area is 125 Å². The lowest BCUT2D eigenvalue weighted by Crippen LogP contribution is -2.28. The van der Waals surface area contributed by atoms with Crippen molar-refractivity contribution in [3.8, 4) is 0 Å². The van der Waals surface area contributed by atoms with Crippen molar-refractivity contribution in [3.05, 3.63) is 59.3 Å². The molecule has 0 unspecified atom stereocenters. The lowest BCUT2D eigenvalue weighted by Gasteiger charge is -2.17. The van der Waals surface area contributed by atoms with Gasteiger partial charge in [0.1, 0.15) is 0 Å². The standard InChI is InChI=1S/C15H19N3O2S/c1-3-18(13-15-11-16-17(2)12-15)21(19,20)10-9-14-7-5-4-6-8-14/h4-12H,3,13H2,1-2H3/b10-9+. The maximum absolute atomic E-state index is 12.4. The Balaban J connectivity index is 2.14. The minimum Gasteiger partial charge on any atom is -0.275 e. The summed E-state index contributed by atoms with van der Waals surface area (Å²) in [6, 6.07) is 9.37. The maximum Gasteiger partial charge on any atom is 0.236 e. The molecule has 0 aliphatic rings. The van der Waals surface area contributed by atoms with Crippen molar-refractivity contribution in [2.45, 2.75) is 13.5 Å². The first-order valence-corrected chi connectivity index (χ1v) is 8.22. The van der Waals surface area contributed by atoms with Gasteiger partial charge in [-0.15, -0.1) is 0 Å². The molecule has 0 bridgehead atoms. The number of hydrogen-bond acceptors (Lipinski definition) is 3. The second-order valence-electron chi connectivity index (χ2n) is 4.71. The van der Waals surface area contributed by atoms with E-state index in [1.54, 1.807) is 17.0 Å². The van der Waals surface area contributed by atoms with Gasteiger partial charge in [0, 0.05) is 37.3 Å².